The highest BCUT2D eigenvalue weighted by Crippen LogP contribution is 2.39. The molecule has 16 heavy (non-hydrogen) atoms. The Balaban J connectivity index is 2.48. The van der Waals surface area contributed by atoms with Gasteiger partial charge < -0.3 is 5.11 Å². The van der Waals surface area contributed by atoms with Crippen LogP contribution in [0.5, 0.6) is 0 Å². The first-order valence-corrected chi connectivity index (χ1v) is 7.31. The van der Waals surface area contributed by atoms with Crippen LogP contribution in [0.4, 0.5) is 0 Å². The van der Waals surface area contributed by atoms with Crippen LogP contribution in [0.25, 0.3) is 0 Å². The minimum absolute atomic E-state index is 0.231. The molecule has 92 valence electrons. The van der Waals surface area contributed by atoms with Crippen molar-refractivity contribution in [2.75, 3.05) is 6.61 Å². The van der Waals surface area contributed by atoms with E-state index in [4.69, 9.17) is 10.4 Å². The highest BCUT2D eigenvalue weighted by molar-refractivity contribution is 8.00. The summed E-state index contributed by atoms with van der Waals surface area (Å²) in [7, 11) is 0. The number of nitriles is 1. The van der Waals surface area contributed by atoms with Crippen molar-refractivity contribution in [3.8, 4) is 6.07 Å². The summed E-state index contributed by atoms with van der Waals surface area (Å²) >= 11 is 1.91. The normalized spacial score (nSPS) is 32.0. The molecule has 0 radical (unpaired) electrons. The Morgan fingerprint density at radius 3 is 2.81 bits per heavy atom. The van der Waals surface area contributed by atoms with E-state index < -0.39 is 0 Å². The lowest BCUT2D eigenvalue weighted by Crippen LogP contribution is -2.27. The average Bonchev–Trinajstić information content (AvgIpc) is 2.29. The third kappa shape index (κ3) is 3.99. The average molecular weight is 241 g/mol. The highest BCUT2D eigenvalue weighted by atomic mass is 32.2. The van der Waals surface area contributed by atoms with E-state index in [1.165, 1.54) is 19.3 Å². The summed E-state index contributed by atoms with van der Waals surface area (Å²) in [5.41, 5.74) is 0. The second kappa shape index (κ2) is 7.19. The van der Waals surface area contributed by atoms with E-state index >= 15 is 0 Å². The summed E-state index contributed by atoms with van der Waals surface area (Å²) in [6.45, 7) is 4.66. The number of rotatable bonds is 5. The fraction of sp³-hybridized carbons (Fsp3) is 0.923. The molecule has 1 rings (SSSR count). The maximum absolute atomic E-state index is 9.15. The molecule has 3 heteroatoms. The van der Waals surface area contributed by atoms with Gasteiger partial charge in [-0.25, -0.2) is 0 Å². The minimum Gasteiger partial charge on any atom is -0.396 e. The van der Waals surface area contributed by atoms with E-state index in [1.54, 1.807) is 0 Å². The van der Waals surface area contributed by atoms with Gasteiger partial charge in [0.15, 0.2) is 0 Å². The third-order valence-electron chi connectivity index (χ3n) is 3.59. The molecule has 0 aromatic rings. The molecule has 4 atom stereocenters. The number of aliphatic hydroxyl groups excluding tert-OH is 1. The molecule has 1 aliphatic rings. The molecular formula is C13H23NOS. The Bertz CT molecular complexity index is 239. The zero-order valence-corrected chi connectivity index (χ0v) is 11.2. The molecule has 1 saturated carbocycles. The predicted octanol–water partition coefficient (Wildman–Crippen LogP) is 3.21. The van der Waals surface area contributed by atoms with Crippen molar-refractivity contribution in [2.24, 2.45) is 11.8 Å². The molecule has 0 bridgehead atoms. The molecule has 0 aromatic carbocycles. The Kier molecular flexibility index (Phi) is 6.23. The molecule has 2 nitrogen and oxygen atoms in total. The van der Waals surface area contributed by atoms with E-state index in [0.29, 0.717) is 10.5 Å². The van der Waals surface area contributed by atoms with Crippen molar-refractivity contribution in [2.45, 2.75) is 56.5 Å². The fourth-order valence-corrected chi connectivity index (χ4v) is 4.04. The summed E-state index contributed by atoms with van der Waals surface area (Å²) in [5.74, 6) is 1.04. The summed E-state index contributed by atoms with van der Waals surface area (Å²) in [6, 6.07) is 2.46. The van der Waals surface area contributed by atoms with Gasteiger partial charge in [0.25, 0.3) is 0 Å². The van der Waals surface area contributed by atoms with Gasteiger partial charge in [-0.2, -0.15) is 17.0 Å². The number of thioether (sulfide) groups is 1. The first-order chi connectivity index (χ1) is 7.71. The van der Waals surface area contributed by atoms with Gasteiger partial charge in [0.2, 0.25) is 0 Å². The molecule has 1 N–H and O–H groups in total. The van der Waals surface area contributed by atoms with Crippen molar-refractivity contribution >= 4 is 11.8 Å². The van der Waals surface area contributed by atoms with Crippen molar-refractivity contribution in [3.63, 3.8) is 0 Å². The number of nitrogens with zero attached hydrogens (tertiary/aromatic N) is 1. The van der Waals surface area contributed by atoms with Crippen LogP contribution in [0.15, 0.2) is 0 Å². The molecule has 0 saturated heterocycles. The van der Waals surface area contributed by atoms with Crippen LogP contribution in [0.1, 0.15) is 46.0 Å². The van der Waals surface area contributed by atoms with Crippen molar-refractivity contribution in [3.05, 3.63) is 0 Å². The van der Waals surface area contributed by atoms with Crippen LogP contribution >= 0.6 is 11.8 Å². The largest absolute Gasteiger partial charge is 0.396 e. The summed E-state index contributed by atoms with van der Waals surface area (Å²) < 4.78 is 0. The zero-order valence-electron chi connectivity index (χ0n) is 10.4. The van der Waals surface area contributed by atoms with Gasteiger partial charge in [0, 0.05) is 17.1 Å². The standard InChI is InChI=1S/C13H23NOS/c1-3-11-4-5-12(9-14)13(8-11)16-10(2)6-7-15/h10-13,15H,3-8H2,1-2H3. The predicted molar refractivity (Wildman–Crippen MR) is 69.3 cm³/mol. The Morgan fingerprint density at radius 1 is 1.50 bits per heavy atom. The third-order valence-corrected chi connectivity index (χ3v) is 5.16. The molecular weight excluding hydrogens is 218 g/mol. The zero-order chi connectivity index (χ0) is 12.0. The Hall–Kier alpha value is -0.200. The maximum atomic E-state index is 9.15. The smallest absolute Gasteiger partial charge is 0.0667 e. The van der Waals surface area contributed by atoms with Crippen molar-refractivity contribution in [1.82, 2.24) is 0 Å². The quantitative estimate of drug-likeness (QED) is 0.804. The number of hydrogen-bond donors (Lipinski definition) is 1. The molecule has 0 aliphatic heterocycles. The molecule has 0 aromatic heterocycles. The molecule has 0 spiro atoms. The van der Waals surface area contributed by atoms with Gasteiger partial charge in [0.1, 0.15) is 0 Å². The molecule has 1 fully saturated rings. The topological polar surface area (TPSA) is 44.0 Å². The molecule has 1 aliphatic carbocycles. The minimum atomic E-state index is 0.231. The van der Waals surface area contributed by atoms with E-state index in [9.17, 15) is 0 Å². The van der Waals surface area contributed by atoms with E-state index in [-0.39, 0.29) is 12.5 Å². The maximum Gasteiger partial charge on any atom is 0.0667 e. The summed E-state index contributed by atoms with van der Waals surface area (Å²) in [6.07, 6.45) is 5.56. The summed E-state index contributed by atoms with van der Waals surface area (Å²) in [5, 5.41) is 19.0. The fourth-order valence-electron chi connectivity index (χ4n) is 2.43. The second-order valence-corrected chi connectivity index (χ2v) is 6.50. The van der Waals surface area contributed by atoms with Crippen LogP contribution in [0, 0.1) is 23.2 Å². The van der Waals surface area contributed by atoms with E-state index in [1.807, 2.05) is 11.8 Å². The summed E-state index contributed by atoms with van der Waals surface area (Å²) in [4.78, 5) is 0. The van der Waals surface area contributed by atoms with E-state index in [0.717, 1.165) is 18.8 Å². The van der Waals surface area contributed by atoms with Crippen molar-refractivity contribution in [1.29, 1.82) is 5.26 Å². The van der Waals surface area contributed by atoms with Gasteiger partial charge in [-0.15, -0.1) is 0 Å². The van der Waals surface area contributed by atoms with Crippen LogP contribution in [-0.2, 0) is 0 Å². The Morgan fingerprint density at radius 2 is 2.25 bits per heavy atom. The highest BCUT2D eigenvalue weighted by Gasteiger charge is 2.31. The monoisotopic (exact) mass is 241 g/mol. The first-order valence-electron chi connectivity index (χ1n) is 6.37. The number of hydrogen-bond acceptors (Lipinski definition) is 3. The van der Waals surface area contributed by atoms with Crippen LogP contribution in [0.2, 0.25) is 0 Å². The van der Waals surface area contributed by atoms with Gasteiger partial charge in [-0.05, 0) is 31.6 Å². The molecule has 4 unspecified atom stereocenters. The van der Waals surface area contributed by atoms with Crippen LogP contribution in [-0.4, -0.2) is 22.2 Å². The first kappa shape index (κ1) is 13.9. The molecule has 0 amide bonds. The van der Waals surface area contributed by atoms with Gasteiger partial charge in [-0.3, -0.25) is 0 Å². The van der Waals surface area contributed by atoms with Crippen molar-refractivity contribution < 1.29 is 5.11 Å². The van der Waals surface area contributed by atoms with Crippen LogP contribution in [0.3, 0.4) is 0 Å². The number of aliphatic hydroxyl groups is 1. The lowest BCUT2D eigenvalue weighted by molar-refractivity contribution is 0.287. The Labute approximate surface area is 103 Å². The SMILES string of the molecule is CCC1CCC(C#N)C(SC(C)CCO)C1. The second-order valence-electron chi connectivity index (χ2n) is 4.82. The van der Waals surface area contributed by atoms with Crippen LogP contribution < -0.4 is 0 Å². The van der Waals surface area contributed by atoms with Gasteiger partial charge in [0.05, 0.1) is 12.0 Å². The van der Waals surface area contributed by atoms with E-state index in [2.05, 4.69) is 19.9 Å². The van der Waals surface area contributed by atoms with Gasteiger partial charge >= 0.3 is 0 Å². The lowest BCUT2D eigenvalue weighted by atomic mass is 9.81. The lowest BCUT2D eigenvalue weighted by Gasteiger charge is -2.33. The molecule has 0 heterocycles. The van der Waals surface area contributed by atoms with Gasteiger partial charge in [-0.1, -0.05) is 20.3 Å².